The van der Waals surface area contributed by atoms with Gasteiger partial charge in [0.1, 0.15) is 11.9 Å². The van der Waals surface area contributed by atoms with E-state index in [4.69, 9.17) is 0 Å². The summed E-state index contributed by atoms with van der Waals surface area (Å²) in [5.41, 5.74) is 1.54. The molecule has 1 aliphatic rings. The Balaban J connectivity index is 1.78. The molecule has 1 atom stereocenters. The fraction of sp³-hybridized carbons (Fsp3) is 0.412. The van der Waals surface area contributed by atoms with Crippen LogP contribution in [0.25, 0.3) is 0 Å². The second-order valence-corrected chi connectivity index (χ2v) is 5.87. The van der Waals surface area contributed by atoms with E-state index in [0.717, 1.165) is 43.3 Å². The molecule has 1 aliphatic heterocycles. The van der Waals surface area contributed by atoms with E-state index in [1.54, 1.807) is 12.3 Å². The van der Waals surface area contributed by atoms with E-state index in [1.807, 2.05) is 32.2 Å². The van der Waals surface area contributed by atoms with Crippen LogP contribution in [0, 0.1) is 18.3 Å². The van der Waals surface area contributed by atoms with Gasteiger partial charge in [0.2, 0.25) is 0 Å². The molecule has 0 bridgehead atoms. The highest BCUT2D eigenvalue weighted by Crippen LogP contribution is 2.24. The van der Waals surface area contributed by atoms with Crippen LogP contribution in [0.1, 0.15) is 24.1 Å². The lowest BCUT2D eigenvalue weighted by molar-refractivity contribution is 0.482. The van der Waals surface area contributed by atoms with Crippen molar-refractivity contribution >= 4 is 11.6 Å². The van der Waals surface area contributed by atoms with Crippen LogP contribution < -0.4 is 9.80 Å². The Morgan fingerprint density at radius 2 is 2.17 bits per heavy atom. The second kappa shape index (κ2) is 6.61. The van der Waals surface area contributed by atoms with Crippen LogP contribution in [-0.4, -0.2) is 41.4 Å². The van der Waals surface area contributed by atoms with Crippen molar-refractivity contribution in [1.82, 2.24) is 15.2 Å². The molecule has 0 aliphatic carbocycles. The molecule has 3 heterocycles. The number of nitrogens with zero attached hydrogens (tertiary/aromatic N) is 6. The zero-order valence-electron chi connectivity index (χ0n) is 13.5. The number of rotatable bonds is 3. The van der Waals surface area contributed by atoms with Crippen LogP contribution >= 0.6 is 0 Å². The molecule has 6 nitrogen and oxygen atoms in total. The van der Waals surface area contributed by atoms with E-state index in [0.29, 0.717) is 11.6 Å². The first kappa shape index (κ1) is 15.2. The summed E-state index contributed by atoms with van der Waals surface area (Å²) >= 11 is 0. The maximum atomic E-state index is 9.28. The molecule has 2 aromatic rings. The van der Waals surface area contributed by atoms with E-state index in [2.05, 4.69) is 31.1 Å². The Bertz CT molecular complexity index is 706. The van der Waals surface area contributed by atoms with Gasteiger partial charge in [-0.25, -0.2) is 4.98 Å². The lowest BCUT2D eigenvalue weighted by Crippen LogP contribution is -2.47. The highest BCUT2D eigenvalue weighted by molar-refractivity contribution is 5.54. The summed E-state index contributed by atoms with van der Waals surface area (Å²) in [7, 11) is 2.01. The molecule has 2 aromatic heterocycles. The third-order valence-electron chi connectivity index (χ3n) is 4.29. The average molecular weight is 308 g/mol. The molecule has 0 spiro atoms. The minimum Gasteiger partial charge on any atom is -0.354 e. The Hall–Kier alpha value is -2.68. The minimum atomic E-state index is 0.300. The van der Waals surface area contributed by atoms with Gasteiger partial charge in [-0.3, -0.25) is 0 Å². The molecule has 0 radical (unpaired) electrons. The Kier molecular flexibility index (Phi) is 4.38. The SMILES string of the molecule is Cc1ccc(N2CCCC(N(C)c3ncccc3C#N)C2)nn1. The zero-order chi connectivity index (χ0) is 16.2. The number of likely N-dealkylation sites (N-methyl/N-ethyl adjacent to an activating group) is 1. The molecule has 1 unspecified atom stereocenters. The first-order valence-electron chi connectivity index (χ1n) is 7.82. The van der Waals surface area contributed by atoms with Crippen LogP contribution in [0.3, 0.4) is 0 Å². The highest BCUT2D eigenvalue weighted by Gasteiger charge is 2.26. The average Bonchev–Trinajstić information content (AvgIpc) is 2.62. The minimum absolute atomic E-state index is 0.300. The topological polar surface area (TPSA) is 68.9 Å². The van der Waals surface area contributed by atoms with Crippen molar-refractivity contribution in [3.05, 3.63) is 41.7 Å². The van der Waals surface area contributed by atoms with Crippen LogP contribution in [0.2, 0.25) is 0 Å². The summed E-state index contributed by atoms with van der Waals surface area (Å²) in [6, 6.07) is 10.1. The van der Waals surface area contributed by atoms with Crippen LogP contribution in [-0.2, 0) is 0 Å². The molecule has 0 N–H and O–H groups in total. The molecule has 118 valence electrons. The predicted octanol–water partition coefficient (Wildman–Crippen LogP) is 2.16. The van der Waals surface area contributed by atoms with Gasteiger partial charge in [-0.15, -0.1) is 5.10 Å². The first-order chi connectivity index (χ1) is 11.2. The second-order valence-electron chi connectivity index (χ2n) is 5.87. The zero-order valence-corrected chi connectivity index (χ0v) is 13.5. The van der Waals surface area contributed by atoms with E-state index in [9.17, 15) is 5.26 Å². The number of hydrogen-bond donors (Lipinski definition) is 0. The number of aromatic nitrogens is 3. The summed E-state index contributed by atoms with van der Waals surface area (Å²) in [5, 5.41) is 17.7. The fourth-order valence-electron chi connectivity index (χ4n) is 2.98. The van der Waals surface area contributed by atoms with Crippen LogP contribution in [0.5, 0.6) is 0 Å². The predicted molar refractivity (Wildman–Crippen MR) is 89.4 cm³/mol. The molecular formula is C17H20N6. The van der Waals surface area contributed by atoms with Gasteiger partial charge in [-0.1, -0.05) is 0 Å². The number of piperidine rings is 1. The van der Waals surface area contributed by atoms with Gasteiger partial charge in [0.05, 0.1) is 11.3 Å². The number of nitriles is 1. The van der Waals surface area contributed by atoms with Crippen molar-refractivity contribution in [2.24, 2.45) is 0 Å². The van der Waals surface area contributed by atoms with Gasteiger partial charge in [0.15, 0.2) is 5.82 Å². The summed E-state index contributed by atoms with van der Waals surface area (Å²) < 4.78 is 0. The standard InChI is InChI=1S/C17H20N6/c1-13-7-8-16(21-20-13)23-10-4-6-15(12-23)22(2)17-14(11-18)5-3-9-19-17/h3,5,7-9,15H,4,6,10,12H2,1-2H3. The fourth-order valence-corrected chi connectivity index (χ4v) is 2.98. The smallest absolute Gasteiger partial charge is 0.151 e. The molecule has 1 fully saturated rings. The van der Waals surface area contributed by atoms with Gasteiger partial charge >= 0.3 is 0 Å². The Labute approximate surface area is 136 Å². The lowest BCUT2D eigenvalue weighted by Gasteiger charge is -2.38. The Morgan fingerprint density at radius 1 is 1.30 bits per heavy atom. The van der Waals surface area contributed by atoms with E-state index in [1.165, 1.54) is 0 Å². The van der Waals surface area contributed by atoms with Crippen molar-refractivity contribution in [2.45, 2.75) is 25.8 Å². The lowest BCUT2D eigenvalue weighted by atomic mass is 10.0. The van der Waals surface area contributed by atoms with Crippen molar-refractivity contribution in [2.75, 3.05) is 29.9 Å². The van der Waals surface area contributed by atoms with E-state index < -0.39 is 0 Å². The summed E-state index contributed by atoms with van der Waals surface area (Å²) in [5.74, 6) is 1.66. The molecule has 1 saturated heterocycles. The molecule has 0 aromatic carbocycles. The van der Waals surface area contributed by atoms with E-state index >= 15 is 0 Å². The molecule has 23 heavy (non-hydrogen) atoms. The molecule has 0 amide bonds. The van der Waals surface area contributed by atoms with Crippen molar-refractivity contribution < 1.29 is 0 Å². The highest BCUT2D eigenvalue weighted by atomic mass is 15.3. The first-order valence-corrected chi connectivity index (χ1v) is 7.82. The number of hydrogen-bond acceptors (Lipinski definition) is 6. The Morgan fingerprint density at radius 3 is 2.91 bits per heavy atom. The third kappa shape index (κ3) is 3.24. The normalized spacial score (nSPS) is 17.6. The van der Waals surface area contributed by atoms with Gasteiger partial charge in [-0.05, 0) is 44.0 Å². The van der Waals surface area contributed by atoms with Crippen LogP contribution in [0.15, 0.2) is 30.5 Å². The monoisotopic (exact) mass is 308 g/mol. The summed E-state index contributed by atoms with van der Waals surface area (Å²) in [6.07, 6.45) is 3.89. The number of pyridine rings is 1. The maximum Gasteiger partial charge on any atom is 0.151 e. The van der Waals surface area contributed by atoms with Crippen molar-refractivity contribution in [3.8, 4) is 6.07 Å². The molecule has 6 heteroatoms. The van der Waals surface area contributed by atoms with Gasteiger partial charge < -0.3 is 9.80 Å². The van der Waals surface area contributed by atoms with Gasteiger partial charge in [0, 0.05) is 32.4 Å². The number of anilines is 2. The van der Waals surface area contributed by atoms with Crippen LogP contribution in [0.4, 0.5) is 11.6 Å². The van der Waals surface area contributed by atoms with Gasteiger partial charge in [0.25, 0.3) is 0 Å². The third-order valence-corrected chi connectivity index (χ3v) is 4.29. The maximum absolute atomic E-state index is 9.28. The molecule has 3 rings (SSSR count). The van der Waals surface area contributed by atoms with Gasteiger partial charge in [-0.2, -0.15) is 10.4 Å². The quantitative estimate of drug-likeness (QED) is 0.865. The summed E-state index contributed by atoms with van der Waals surface area (Å²) in [4.78, 5) is 8.76. The largest absolute Gasteiger partial charge is 0.354 e. The molecule has 0 saturated carbocycles. The number of aryl methyl sites for hydroxylation is 1. The van der Waals surface area contributed by atoms with Crippen molar-refractivity contribution in [1.29, 1.82) is 5.26 Å². The molecular weight excluding hydrogens is 288 g/mol. The van der Waals surface area contributed by atoms with E-state index in [-0.39, 0.29) is 0 Å². The van der Waals surface area contributed by atoms with Crippen molar-refractivity contribution in [3.63, 3.8) is 0 Å². The summed E-state index contributed by atoms with van der Waals surface area (Å²) in [6.45, 7) is 3.78.